The lowest BCUT2D eigenvalue weighted by atomic mass is 10.2. The van der Waals surface area contributed by atoms with Gasteiger partial charge in [-0.3, -0.25) is 14.3 Å². The molecule has 32 heavy (non-hydrogen) atoms. The molecule has 0 radical (unpaired) electrons. The van der Waals surface area contributed by atoms with Gasteiger partial charge in [0.05, 0.1) is 12.0 Å². The van der Waals surface area contributed by atoms with Gasteiger partial charge in [-0.05, 0) is 48.9 Å². The average Bonchev–Trinajstić information content (AvgIpc) is 3.24. The Labute approximate surface area is 198 Å². The molecule has 0 bridgehead atoms. The summed E-state index contributed by atoms with van der Waals surface area (Å²) in [6.45, 7) is 2.04. The number of rotatable bonds is 7. The van der Waals surface area contributed by atoms with Gasteiger partial charge < -0.3 is 0 Å². The van der Waals surface area contributed by atoms with Gasteiger partial charge in [-0.1, -0.05) is 57.5 Å². The van der Waals surface area contributed by atoms with Crippen LogP contribution in [0.1, 0.15) is 11.1 Å². The van der Waals surface area contributed by atoms with E-state index in [0.717, 1.165) is 26.9 Å². The highest BCUT2D eigenvalue weighted by atomic mass is 79.9. The Kier molecular flexibility index (Phi) is 7.08. The zero-order valence-corrected chi connectivity index (χ0v) is 19.5. The van der Waals surface area contributed by atoms with Crippen molar-refractivity contribution in [2.45, 2.75) is 12.1 Å². The molecule has 0 fully saturated rings. The SMILES string of the molecule is Cc1ccc(-n2c(SCC(=O)NN=Cc3ccc(Br)cc3)nnc2-c2ccncc2)cc1. The van der Waals surface area contributed by atoms with E-state index >= 15 is 0 Å². The molecule has 1 N–H and O–H groups in total. The molecule has 1 amide bonds. The Balaban J connectivity index is 1.49. The van der Waals surface area contributed by atoms with Gasteiger partial charge in [0.1, 0.15) is 0 Å². The summed E-state index contributed by atoms with van der Waals surface area (Å²) in [4.78, 5) is 16.4. The number of carbonyl (C=O) groups is 1. The molecule has 0 aliphatic carbocycles. The molecule has 160 valence electrons. The number of hydrogen-bond donors (Lipinski definition) is 1. The van der Waals surface area contributed by atoms with Gasteiger partial charge in [-0.2, -0.15) is 5.10 Å². The van der Waals surface area contributed by atoms with E-state index in [1.807, 2.05) is 72.2 Å². The molecule has 0 aliphatic heterocycles. The van der Waals surface area contributed by atoms with Crippen molar-refractivity contribution in [1.29, 1.82) is 0 Å². The molecule has 4 rings (SSSR count). The minimum absolute atomic E-state index is 0.151. The van der Waals surface area contributed by atoms with Gasteiger partial charge in [0, 0.05) is 28.1 Å². The number of nitrogens with one attached hydrogen (secondary N) is 1. The molecule has 0 saturated heterocycles. The number of benzene rings is 2. The summed E-state index contributed by atoms with van der Waals surface area (Å²) >= 11 is 4.69. The van der Waals surface area contributed by atoms with Crippen LogP contribution >= 0.6 is 27.7 Å². The maximum absolute atomic E-state index is 12.3. The number of carbonyl (C=O) groups excluding carboxylic acids is 1. The molecule has 0 saturated carbocycles. The van der Waals surface area contributed by atoms with Crippen LogP contribution in [0, 0.1) is 6.92 Å². The molecule has 0 unspecified atom stereocenters. The fourth-order valence-corrected chi connectivity index (χ4v) is 3.88. The first-order valence-corrected chi connectivity index (χ1v) is 11.5. The van der Waals surface area contributed by atoms with E-state index < -0.39 is 0 Å². The first-order valence-electron chi connectivity index (χ1n) is 9.73. The highest BCUT2D eigenvalue weighted by Crippen LogP contribution is 2.27. The van der Waals surface area contributed by atoms with Gasteiger partial charge in [-0.25, -0.2) is 5.43 Å². The first-order chi connectivity index (χ1) is 15.6. The number of amides is 1. The molecule has 4 aromatic rings. The Morgan fingerprint density at radius 2 is 1.78 bits per heavy atom. The topological polar surface area (TPSA) is 85.1 Å². The molecular weight excluding hydrogens is 488 g/mol. The first kappa shape index (κ1) is 21.9. The molecule has 2 aromatic carbocycles. The molecule has 0 aliphatic rings. The Bertz CT molecular complexity index is 1220. The van der Waals surface area contributed by atoms with E-state index in [9.17, 15) is 4.79 Å². The van der Waals surface area contributed by atoms with E-state index in [4.69, 9.17) is 0 Å². The minimum Gasteiger partial charge on any atom is -0.272 e. The molecular formula is C23H19BrN6OS. The van der Waals surface area contributed by atoms with Crippen molar-refractivity contribution in [3.63, 3.8) is 0 Å². The van der Waals surface area contributed by atoms with Crippen LogP contribution in [-0.4, -0.2) is 37.6 Å². The lowest BCUT2D eigenvalue weighted by Crippen LogP contribution is -2.20. The summed E-state index contributed by atoms with van der Waals surface area (Å²) in [5.41, 5.74) is 6.41. The number of aromatic nitrogens is 4. The molecule has 0 atom stereocenters. The number of nitrogens with zero attached hydrogens (tertiary/aromatic N) is 5. The van der Waals surface area contributed by atoms with Crippen molar-refractivity contribution in [1.82, 2.24) is 25.2 Å². The third kappa shape index (κ3) is 5.49. The number of thioether (sulfide) groups is 1. The van der Waals surface area contributed by atoms with Crippen molar-refractivity contribution in [3.05, 3.63) is 88.7 Å². The largest absolute Gasteiger partial charge is 0.272 e. The molecule has 2 aromatic heterocycles. The monoisotopic (exact) mass is 506 g/mol. The number of aryl methyl sites for hydroxylation is 1. The van der Waals surface area contributed by atoms with Crippen LogP contribution in [0.15, 0.2) is 87.8 Å². The van der Waals surface area contributed by atoms with E-state index in [1.54, 1.807) is 18.6 Å². The van der Waals surface area contributed by atoms with Gasteiger partial charge in [-0.15, -0.1) is 10.2 Å². The lowest BCUT2D eigenvalue weighted by molar-refractivity contribution is -0.118. The number of hydrogen-bond acceptors (Lipinski definition) is 6. The van der Waals surface area contributed by atoms with Crippen molar-refractivity contribution in [2.75, 3.05) is 5.75 Å². The summed E-state index contributed by atoms with van der Waals surface area (Å²) < 4.78 is 2.93. The standard InChI is InChI=1S/C23H19BrN6OS/c1-16-2-8-20(9-3-16)30-22(18-10-12-25-13-11-18)28-29-23(30)32-15-21(31)27-26-14-17-4-6-19(24)7-5-17/h2-14H,15H2,1H3,(H,27,31). The second kappa shape index (κ2) is 10.3. The second-order valence-electron chi connectivity index (χ2n) is 6.85. The fraction of sp³-hybridized carbons (Fsp3) is 0.0870. The van der Waals surface area contributed by atoms with E-state index in [0.29, 0.717) is 11.0 Å². The molecule has 2 heterocycles. The maximum atomic E-state index is 12.3. The zero-order chi connectivity index (χ0) is 22.3. The van der Waals surface area contributed by atoms with Crippen LogP contribution in [-0.2, 0) is 4.79 Å². The van der Waals surface area contributed by atoms with Crippen molar-refractivity contribution < 1.29 is 4.79 Å². The van der Waals surface area contributed by atoms with Crippen molar-refractivity contribution in [3.8, 4) is 17.1 Å². The Morgan fingerprint density at radius 1 is 1.06 bits per heavy atom. The van der Waals surface area contributed by atoms with Crippen LogP contribution in [0.2, 0.25) is 0 Å². The highest BCUT2D eigenvalue weighted by Gasteiger charge is 2.17. The quantitative estimate of drug-likeness (QED) is 0.224. The summed E-state index contributed by atoms with van der Waals surface area (Å²) in [6.07, 6.45) is 5.03. The van der Waals surface area contributed by atoms with Gasteiger partial charge in [0.25, 0.3) is 5.91 Å². The molecule has 0 spiro atoms. The van der Waals surface area contributed by atoms with Crippen molar-refractivity contribution in [2.24, 2.45) is 5.10 Å². The lowest BCUT2D eigenvalue weighted by Gasteiger charge is -2.10. The Morgan fingerprint density at radius 3 is 2.50 bits per heavy atom. The zero-order valence-electron chi connectivity index (χ0n) is 17.1. The minimum atomic E-state index is -0.229. The van der Waals surface area contributed by atoms with Crippen molar-refractivity contribution >= 4 is 39.8 Å². The summed E-state index contributed by atoms with van der Waals surface area (Å²) in [7, 11) is 0. The van der Waals surface area contributed by atoms with Crippen LogP contribution in [0.4, 0.5) is 0 Å². The predicted molar refractivity (Wildman–Crippen MR) is 130 cm³/mol. The second-order valence-corrected chi connectivity index (χ2v) is 8.70. The van der Waals surface area contributed by atoms with Crippen LogP contribution < -0.4 is 5.43 Å². The molecule has 9 heteroatoms. The smallest absolute Gasteiger partial charge is 0.250 e. The van der Waals surface area contributed by atoms with E-state index in [-0.39, 0.29) is 11.7 Å². The van der Waals surface area contributed by atoms with Crippen LogP contribution in [0.25, 0.3) is 17.1 Å². The highest BCUT2D eigenvalue weighted by molar-refractivity contribution is 9.10. The predicted octanol–water partition coefficient (Wildman–Crippen LogP) is 4.64. The third-order valence-corrected chi connectivity index (χ3v) is 5.93. The van der Waals surface area contributed by atoms with Crippen LogP contribution in [0.3, 0.4) is 0 Å². The van der Waals surface area contributed by atoms with Crippen LogP contribution in [0.5, 0.6) is 0 Å². The normalized spacial score (nSPS) is 11.1. The third-order valence-electron chi connectivity index (χ3n) is 4.47. The maximum Gasteiger partial charge on any atom is 0.250 e. The van der Waals surface area contributed by atoms with Gasteiger partial charge >= 0.3 is 0 Å². The van der Waals surface area contributed by atoms with E-state index in [1.165, 1.54) is 11.8 Å². The Hall–Kier alpha value is -3.30. The fourth-order valence-electron chi connectivity index (χ4n) is 2.87. The number of hydrazone groups is 1. The average molecular weight is 507 g/mol. The van der Waals surface area contributed by atoms with Gasteiger partial charge in [0.2, 0.25) is 0 Å². The number of pyridine rings is 1. The molecule has 7 nitrogen and oxygen atoms in total. The summed E-state index contributed by atoms with van der Waals surface area (Å²) in [6, 6.07) is 19.5. The van der Waals surface area contributed by atoms with Gasteiger partial charge in [0.15, 0.2) is 11.0 Å². The van der Waals surface area contributed by atoms with E-state index in [2.05, 4.69) is 41.6 Å². The number of halogens is 1. The summed E-state index contributed by atoms with van der Waals surface area (Å²) in [5, 5.41) is 13.3. The summed E-state index contributed by atoms with van der Waals surface area (Å²) in [5.74, 6) is 0.609.